The predicted molar refractivity (Wildman–Crippen MR) is 71.4 cm³/mol. The SMILES string of the molecule is CC[C@@H](OC1CCCC1)C(=O)N1CCO[C@@H](C(=O)O)C1. The van der Waals surface area contributed by atoms with Crippen molar-refractivity contribution in [2.75, 3.05) is 19.7 Å². The van der Waals surface area contributed by atoms with Crippen molar-refractivity contribution in [3.05, 3.63) is 0 Å². The maximum absolute atomic E-state index is 12.4. The molecule has 2 fully saturated rings. The molecule has 0 radical (unpaired) electrons. The number of carboxylic acids is 1. The van der Waals surface area contributed by atoms with Gasteiger partial charge in [-0.05, 0) is 19.3 Å². The van der Waals surface area contributed by atoms with Crippen LogP contribution in [-0.2, 0) is 19.1 Å². The highest BCUT2D eigenvalue weighted by Crippen LogP contribution is 2.23. The number of nitrogens with zero attached hydrogens (tertiary/aromatic N) is 1. The molecule has 1 saturated heterocycles. The molecule has 2 aliphatic rings. The van der Waals surface area contributed by atoms with Crippen molar-refractivity contribution in [3.8, 4) is 0 Å². The Morgan fingerprint density at radius 2 is 2.10 bits per heavy atom. The van der Waals surface area contributed by atoms with Crippen LogP contribution in [0.25, 0.3) is 0 Å². The van der Waals surface area contributed by atoms with Crippen LogP contribution in [0.15, 0.2) is 0 Å². The van der Waals surface area contributed by atoms with Crippen LogP contribution < -0.4 is 0 Å². The maximum atomic E-state index is 12.4. The zero-order chi connectivity index (χ0) is 14.5. The Labute approximate surface area is 119 Å². The average molecular weight is 285 g/mol. The first-order chi connectivity index (χ1) is 9.61. The van der Waals surface area contributed by atoms with Gasteiger partial charge in [-0.25, -0.2) is 4.79 Å². The van der Waals surface area contributed by atoms with Crippen molar-refractivity contribution in [1.82, 2.24) is 4.90 Å². The average Bonchev–Trinajstić information content (AvgIpc) is 2.97. The molecule has 1 heterocycles. The van der Waals surface area contributed by atoms with Gasteiger partial charge in [0.2, 0.25) is 0 Å². The minimum atomic E-state index is -1.02. The van der Waals surface area contributed by atoms with Gasteiger partial charge < -0.3 is 19.5 Å². The molecule has 2 rings (SSSR count). The lowest BCUT2D eigenvalue weighted by Gasteiger charge is -2.33. The molecule has 2 atom stereocenters. The Bertz CT molecular complexity index is 353. The number of morpholine rings is 1. The van der Waals surface area contributed by atoms with Crippen molar-refractivity contribution in [2.45, 2.75) is 57.3 Å². The van der Waals surface area contributed by atoms with E-state index >= 15 is 0 Å². The highest BCUT2D eigenvalue weighted by Gasteiger charge is 2.33. The molecule has 0 unspecified atom stereocenters. The van der Waals surface area contributed by atoms with Crippen LogP contribution in [0.1, 0.15) is 39.0 Å². The van der Waals surface area contributed by atoms with E-state index in [1.54, 1.807) is 4.90 Å². The summed E-state index contributed by atoms with van der Waals surface area (Å²) >= 11 is 0. The van der Waals surface area contributed by atoms with E-state index in [2.05, 4.69) is 0 Å². The molecule has 1 N–H and O–H groups in total. The molecule has 114 valence electrons. The van der Waals surface area contributed by atoms with E-state index in [1.807, 2.05) is 6.92 Å². The van der Waals surface area contributed by atoms with Gasteiger partial charge in [0.25, 0.3) is 5.91 Å². The van der Waals surface area contributed by atoms with Crippen molar-refractivity contribution in [2.24, 2.45) is 0 Å². The molecule has 1 amide bonds. The van der Waals surface area contributed by atoms with Crippen molar-refractivity contribution in [1.29, 1.82) is 0 Å². The molecular formula is C14H23NO5. The van der Waals surface area contributed by atoms with Crippen LogP contribution in [0.5, 0.6) is 0 Å². The molecule has 1 aliphatic carbocycles. The van der Waals surface area contributed by atoms with E-state index in [9.17, 15) is 9.59 Å². The number of carbonyl (C=O) groups excluding carboxylic acids is 1. The van der Waals surface area contributed by atoms with E-state index in [0.29, 0.717) is 13.0 Å². The van der Waals surface area contributed by atoms with Gasteiger partial charge in [0.1, 0.15) is 6.10 Å². The minimum absolute atomic E-state index is 0.103. The van der Waals surface area contributed by atoms with Crippen LogP contribution in [-0.4, -0.2) is 59.9 Å². The number of carboxylic acid groups (broad SMARTS) is 1. The number of carbonyl (C=O) groups is 2. The van der Waals surface area contributed by atoms with Gasteiger partial charge in [-0.15, -0.1) is 0 Å². The summed E-state index contributed by atoms with van der Waals surface area (Å²) < 4.78 is 11.0. The summed E-state index contributed by atoms with van der Waals surface area (Å²) in [5.41, 5.74) is 0. The quantitative estimate of drug-likeness (QED) is 0.816. The lowest BCUT2D eigenvalue weighted by atomic mass is 10.2. The molecule has 0 spiro atoms. The second-order valence-electron chi connectivity index (χ2n) is 5.42. The number of ether oxygens (including phenoxy) is 2. The van der Waals surface area contributed by atoms with E-state index in [-0.39, 0.29) is 25.2 Å². The van der Waals surface area contributed by atoms with Gasteiger partial charge in [0.05, 0.1) is 19.3 Å². The Balaban J connectivity index is 1.91. The van der Waals surface area contributed by atoms with Crippen molar-refractivity contribution in [3.63, 3.8) is 0 Å². The lowest BCUT2D eigenvalue weighted by Crippen LogP contribution is -2.52. The summed E-state index contributed by atoms with van der Waals surface area (Å²) in [5.74, 6) is -1.12. The first kappa shape index (κ1) is 15.3. The summed E-state index contributed by atoms with van der Waals surface area (Å²) in [4.78, 5) is 24.9. The molecule has 0 aromatic heterocycles. The van der Waals surface area contributed by atoms with Crippen molar-refractivity contribution >= 4 is 11.9 Å². The Morgan fingerprint density at radius 3 is 2.70 bits per heavy atom. The monoisotopic (exact) mass is 285 g/mol. The summed E-state index contributed by atoms with van der Waals surface area (Å²) in [6.45, 7) is 2.74. The summed E-state index contributed by atoms with van der Waals surface area (Å²) in [6, 6.07) is 0. The van der Waals surface area contributed by atoms with E-state index in [1.165, 1.54) is 0 Å². The first-order valence-corrected chi connectivity index (χ1v) is 7.40. The van der Waals surface area contributed by atoms with Crippen LogP contribution in [0.2, 0.25) is 0 Å². The Morgan fingerprint density at radius 1 is 1.40 bits per heavy atom. The molecule has 6 heteroatoms. The molecule has 1 saturated carbocycles. The minimum Gasteiger partial charge on any atom is -0.479 e. The van der Waals surface area contributed by atoms with Gasteiger partial charge >= 0.3 is 5.97 Å². The maximum Gasteiger partial charge on any atom is 0.334 e. The zero-order valence-electron chi connectivity index (χ0n) is 11.9. The normalized spacial score (nSPS) is 25.6. The summed E-state index contributed by atoms with van der Waals surface area (Å²) in [5, 5.41) is 8.97. The molecule has 0 aromatic carbocycles. The Hall–Kier alpha value is -1.14. The second kappa shape index (κ2) is 7.04. The molecule has 1 aliphatic heterocycles. The smallest absolute Gasteiger partial charge is 0.334 e. The third kappa shape index (κ3) is 3.70. The molecule has 6 nitrogen and oxygen atoms in total. The number of aliphatic carboxylic acids is 1. The fraction of sp³-hybridized carbons (Fsp3) is 0.857. The van der Waals surface area contributed by atoms with Gasteiger partial charge in [0.15, 0.2) is 6.10 Å². The number of rotatable bonds is 5. The van der Waals surface area contributed by atoms with Gasteiger partial charge in [0, 0.05) is 6.54 Å². The van der Waals surface area contributed by atoms with Crippen LogP contribution in [0.4, 0.5) is 0 Å². The standard InChI is InChI=1S/C14H23NO5/c1-2-11(20-10-5-3-4-6-10)13(16)15-7-8-19-12(9-15)14(17)18/h10-12H,2-9H2,1H3,(H,17,18)/t11-,12-/m1/s1. The first-order valence-electron chi connectivity index (χ1n) is 7.40. The fourth-order valence-electron chi connectivity index (χ4n) is 2.79. The van der Waals surface area contributed by atoms with Crippen molar-refractivity contribution < 1.29 is 24.2 Å². The number of hydrogen-bond donors (Lipinski definition) is 1. The van der Waals surface area contributed by atoms with Gasteiger partial charge in [-0.1, -0.05) is 19.8 Å². The topological polar surface area (TPSA) is 76.1 Å². The highest BCUT2D eigenvalue weighted by molar-refractivity contribution is 5.82. The van der Waals surface area contributed by atoms with Crippen LogP contribution in [0, 0.1) is 0 Å². The summed E-state index contributed by atoms with van der Waals surface area (Å²) in [6.07, 6.45) is 3.78. The predicted octanol–water partition coefficient (Wildman–Crippen LogP) is 1.04. The largest absolute Gasteiger partial charge is 0.479 e. The van der Waals surface area contributed by atoms with Gasteiger partial charge in [-0.3, -0.25) is 4.79 Å². The molecule has 0 aromatic rings. The zero-order valence-corrected chi connectivity index (χ0v) is 11.9. The molecule has 0 bridgehead atoms. The van der Waals surface area contributed by atoms with E-state index in [0.717, 1.165) is 25.7 Å². The van der Waals surface area contributed by atoms with Crippen LogP contribution >= 0.6 is 0 Å². The number of amides is 1. The van der Waals surface area contributed by atoms with E-state index < -0.39 is 18.2 Å². The number of hydrogen-bond acceptors (Lipinski definition) is 4. The highest BCUT2D eigenvalue weighted by atomic mass is 16.5. The fourth-order valence-corrected chi connectivity index (χ4v) is 2.79. The molecule has 20 heavy (non-hydrogen) atoms. The third-order valence-corrected chi connectivity index (χ3v) is 3.96. The van der Waals surface area contributed by atoms with Crippen LogP contribution in [0.3, 0.4) is 0 Å². The summed E-state index contributed by atoms with van der Waals surface area (Å²) in [7, 11) is 0. The third-order valence-electron chi connectivity index (χ3n) is 3.96. The Kier molecular flexibility index (Phi) is 5.37. The van der Waals surface area contributed by atoms with E-state index in [4.69, 9.17) is 14.6 Å². The lowest BCUT2D eigenvalue weighted by molar-refractivity contribution is -0.165. The van der Waals surface area contributed by atoms with Gasteiger partial charge in [-0.2, -0.15) is 0 Å². The second-order valence-corrected chi connectivity index (χ2v) is 5.42. The molecular weight excluding hydrogens is 262 g/mol.